The molecule has 0 radical (unpaired) electrons. The number of ether oxygens (including phenoxy) is 3. The lowest BCUT2D eigenvalue weighted by molar-refractivity contribution is -0.158. The predicted molar refractivity (Wildman–Crippen MR) is 104 cm³/mol. The maximum atomic E-state index is 6.38. The van der Waals surface area contributed by atoms with E-state index >= 15 is 0 Å². The van der Waals surface area contributed by atoms with Crippen molar-refractivity contribution in [3.05, 3.63) is 35.9 Å². The van der Waals surface area contributed by atoms with Gasteiger partial charge < -0.3 is 29.7 Å². The van der Waals surface area contributed by atoms with Crippen LogP contribution in [0.1, 0.15) is 11.9 Å². The zero-order chi connectivity index (χ0) is 19.3. The summed E-state index contributed by atoms with van der Waals surface area (Å²) in [5.74, 6) is 0.462. The van der Waals surface area contributed by atoms with Crippen molar-refractivity contribution in [2.75, 3.05) is 20.6 Å². The minimum absolute atomic E-state index is 0.121. The molecule has 0 saturated carbocycles. The average molecular weight is 384 g/mol. The summed E-state index contributed by atoms with van der Waals surface area (Å²) in [6.45, 7) is 0.731. The van der Waals surface area contributed by atoms with Crippen molar-refractivity contribution in [3.8, 4) is 0 Å². The zero-order valence-corrected chi connectivity index (χ0v) is 15.8. The first-order valence-electron chi connectivity index (χ1n) is 9.43. The fourth-order valence-corrected chi connectivity index (χ4v) is 4.15. The lowest BCUT2D eigenvalue weighted by Crippen LogP contribution is -2.51. The van der Waals surface area contributed by atoms with Crippen LogP contribution in [0.3, 0.4) is 0 Å². The molecule has 2 N–H and O–H groups in total. The molecular weight excluding hydrogens is 360 g/mol. The van der Waals surface area contributed by atoms with E-state index in [2.05, 4.69) is 19.9 Å². The molecule has 4 heterocycles. The summed E-state index contributed by atoms with van der Waals surface area (Å²) >= 11 is 0. The Labute approximate surface area is 163 Å². The summed E-state index contributed by atoms with van der Waals surface area (Å²) < 4.78 is 19.0. The minimum atomic E-state index is -0.413. The van der Waals surface area contributed by atoms with Crippen LogP contribution in [-0.4, -0.2) is 85.7 Å². The third-order valence-corrected chi connectivity index (χ3v) is 5.44. The van der Waals surface area contributed by atoms with Crippen LogP contribution in [0.15, 0.2) is 45.3 Å². The molecule has 2 saturated heterocycles. The molecule has 2 fully saturated rings. The number of nitrogens with two attached hydrogens (primary N) is 1. The van der Waals surface area contributed by atoms with Gasteiger partial charge in [0.2, 0.25) is 0 Å². The predicted octanol–water partition coefficient (Wildman–Crippen LogP) is 0.193. The molecule has 148 valence electrons. The van der Waals surface area contributed by atoms with Gasteiger partial charge in [-0.2, -0.15) is 0 Å². The normalized spacial score (nSPS) is 38.8. The first kappa shape index (κ1) is 17.7. The van der Waals surface area contributed by atoms with Gasteiger partial charge in [-0.1, -0.05) is 30.3 Å². The van der Waals surface area contributed by atoms with Gasteiger partial charge in [-0.05, 0) is 14.1 Å². The topological polar surface area (TPSA) is 97.3 Å². The Balaban J connectivity index is 1.40. The van der Waals surface area contributed by atoms with Crippen molar-refractivity contribution in [2.24, 2.45) is 20.7 Å². The molecule has 1 aromatic rings. The number of fused-ring (bicyclic) bond motifs is 2. The number of amidine groups is 1. The summed E-state index contributed by atoms with van der Waals surface area (Å²) in [5, 5.41) is 0. The van der Waals surface area contributed by atoms with Crippen LogP contribution >= 0.6 is 0 Å². The number of hydrogen-bond donors (Lipinski definition) is 1. The quantitative estimate of drug-likeness (QED) is 0.796. The molecule has 7 atom stereocenters. The molecule has 1 aromatic carbocycles. The third kappa shape index (κ3) is 2.91. The first-order chi connectivity index (χ1) is 13.6. The van der Waals surface area contributed by atoms with E-state index in [0.717, 1.165) is 12.1 Å². The smallest absolute Gasteiger partial charge is 0.185 e. The minimum Gasteiger partial charge on any atom is -0.385 e. The lowest BCUT2D eigenvalue weighted by Gasteiger charge is -2.32. The Morgan fingerprint density at radius 2 is 1.86 bits per heavy atom. The number of likely N-dealkylation sites (N-methyl/N-ethyl adjacent to an activating group) is 1. The molecule has 0 bridgehead atoms. The first-order valence-corrected chi connectivity index (χ1v) is 9.43. The fraction of sp³-hybridized carbons (Fsp3) is 0.526. The molecule has 9 nitrogen and oxygen atoms in total. The van der Waals surface area contributed by atoms with Gasteiger partial charge in [0, 0.05) is 12.1 Å². The SMILES string of the molecule is CN(C)C[C@H]1O[C@@H](N2C=NC3C(N)=NC=NC32)[C@@H]2OC(c3ccccc3)O[C@@H]21. The van der Waals surface area contributed by atoms with Crippen LogP contribution in [0.5, 0.6) is 0 Å². The molecule has 0 aliphatic carbocycles. The van der Waals surface area contributed by atoms with Crippen LogP contribution < -0.4 is 5.73 Å². The second-order valence-corrected chi connectivity index (χ2v) is 7.66. The van der Waals surface area contributed by atoms with Crippen molar-refractivity contribution >= 4 is 18.5 Å². The van der Waals surface area contributed by atoms with E-state index < -0.39 is 6.29 Å². The lowest BCUT2D eigenvalue weighted by atomic mass is 10.1. The van der Waals surface area contributed by atoms with E-state index in [0.29, 0.717) is 5.84 Å². The highest BCUT2D eigenvalue weighted by molar-refractivity contribution is 5.96. The molecule has 3 unspecified atom stereocenters. The van der Waals surface area contributed by atoms with Gasteiger partial charge in [0.05, 0.1) is 6.34 Å². The highest BCUT2D eigenvalue weighted by atomic mass is 16.8. The van der Waals surface area contributed by atoms with E-state index in [1.54, 1.807) is 6.34 Å². The summed E-state index contributed by atoms with van der Waals surface area (Å²) in [6, 6.07) is 9.69. The van der Waals surface area contributed by atoms with Gasteiger partial charge in [0.25, 0.3) is 0 Å². The Morgan fingerprint density at radius 1 is 1.07 bits per heavy atom. The summed E-state index contributed by atoms with van der Waals surface area (Å²) in [5.41, 5.74) is 6.99. The summed E-state index contributed by atoms with van der Waals surface area (Å²) in [6.07, 6.45) is 1.65. The molecule has 28 heavy (non-hydrogen) atoms. The second-order valence-electron chi connectivity index (χ2n) is 7.66. The molecule has 0 amide bonds. The van der Waals surface area contributed by atoms with Crippen LogP contribution in [0.4, 0.5) is 0 Å². The third-order valence-electron chi connectivity index (χ3n) is 5.44. The molecule has 4 aliphatic rings. The number of aliphatic imine (C=N–C) groups is 3. The van der Waals surface area contributed by atoms with Gasteiger partial charge in [-0.3, -0.25) is 4.99 Å². The molecule has 0 aromatic heterocycles. The highest BCUT2D eigenvalue weighted by Gasteiger charge is 2.56. The van der Waals surface area contributed by atoms with Crippen LogP contribution in [0, 0.1) is 0 Å². The Kier molecular flexibility index (Phi) is 4.39. The Morgan fingerprint density at radius 3 is 2.64 bits per heavy atom. The maximum absolute atomic E-state index is 6.38. The zero-order valence-electron chi connectivity index (χ0n) is 15.8. The molecule has 9 heteroatoms. The van der Waals surface area contributed by atoms with Gasteiger partial charge >= 0.3 is 0 Å². The summed E-state index contributed by atoms with van der Waals surface area (Å²) in [7, 11) is 4.04. The molecular formula is C19H24N6O3. The second kappa shape index (κ2) is 6.93. The summed E-state index contributed by atoms with van der Waals surface area (Å²) in [4.78, 5) is 17.1. The molecule has 0 spiro atoms. The Bertz CT molecular complexity index is 813. The standard InChI is InChI=1S/C19H24N6O3/c1-24(2)8-12-14-15(28-19(27-14)11-6-4-3-5-7-11)18(26-12)25-10-23-13-16(20)21-9-22-17(13)25/h3-7,9-10,12-15,17-19H,8H2,1-2H3,(H2,20,21,22)/t12-,13?,14-,15-,17?,18-,19?/m1/s1. The largest absolute Gasteiger partial charge is 0.385 e. The monoisotopic (exact) mass is 384 g/mol. The Hall–Kier alpha value is -2.33. The average Bonchev–Trinajstić information content (AvgIpc) is 3.37. The van der Waals surface area contributed by atoms with Gasteiger partial charge in [-0.25, -0.2) is 9.98 Å². The fourth-order valence-electron chi connectivity index (χ4n) is 4.15. The maximum Gasteiger partial charge on any atom is 0.185 e. The van der Waals surface area contributed by atoms with Crippen molar-refractivity contribution in [1.29, 1.82) is 0 Å². The van der Waals surface area contributed by atoms with E-state index in [-0.39, 0.29) is 36.7 Å². The number of rotatable bonds is 4. The van der Waals surface area contributed by atoms with Gasteiger partial charge in [0.1, 0.15) is 36.5 Å². The van der Waals surface area contributed by atoms with Gasteiger partial charge in [-0.15, -0.1) is 0 Å². The van der Waals surface area contributed by atoms with E-state index in [1.807, 2.05) is 49.3 Å². The number of benzene rings is 1. The van der Waals surface area contributed by atoms with E-state index in [4.69, 9.17) is 19.9 Å². The molecule has 5 rings (SSSR count). The van der Waals surface area contributed by atoms with Crippen molar-refractivity contribution in [2.45, 2.75) is 43.0 Å². The number of hydrogen-bond acceptors (Lipinski definition) is 9. The van der Waals surface area contributed by atoms with Crippen LogP contribution in [-0.2, 0) is 14.2 Å². The van der Waals surface area contributed by atoms with Gasteiger partial charge in [0.15, 0.2) is 18.7 Å². The highest BCUT2D eigenvalue weighted by Crippen LogP contribution is 2.42. The number of nitrogens with zero attached hydrogens (tertiary/aromatic N) is 5. The van der Waals surface area contributed by atoms with E-state index in [1.165, 1.54) is 6.34 Å². The van der Waals surface area contributed by atoms with Crippen LogP contribution in [0.2, 0.25) is 0 Å². The van der Waals surface area contributed by atoms with Crippen molar-refractivity contribution in [3.63, 3.8) is 0 Å². The molecule has 4 aliphatic heterocycles. The van der Waals surface area contributed by atoms with Crippen molar-refractivity contribution in [1.82, 2.24) is 9.80 Å². The van der Waals surface area contributed by atoms with Crippen molar-refractivity contribution < 1.29 is 14.2 Å². The van der Waals surface area contributed by atoms with E-state index in [9.17, 15) is 0 Å². The van der Waals surface area contributed by atoms with Crippen LogP contribution in [0.25, 0.3) is 0 Å².